The van der Waals surface area contributed by atoms with Crippen molar-refractivity contribution in [3.05, 3.63) is 70.6 Å². The van der Waals surface area contributed by atoms with E-state index in [4.69, 9.17) is 0 Å². The van der Waals surface area contributed by atoms with Crippen molar-refractivity contribution in [3.63, 3.8) is 0 Å². The number of nitrogens with one attached hydrogen (secondary N) is 2. The Bertz CT molecular complexity index is 1340. The Labute approximate surface area is 191 Å². The van der Waals surface area contributed by atoms with Crippen LogP contribution in [0, 0.1) is 6.92 Å². The Hall–Kier alpha value is -3.70. The second-order valence-electron chi connectivity index (χ2n) is 7.45. The zero-order valence-corrected chi connectivity index (χ0v) is 19.5. The van der Waals surface area contributed by atoms with Crippen molar-refractivity contribution >= 4 is 33.2 Å². The van der Waals surface area contributed by atoms with E-state index in [1.165, 1.54) is 42.9 Å². The minimum Gasteiger partial charge on any atom is -0.326 e. The Morgan fingerprint density at radius 2 is 1.61 bits per heavy atom. The molecule has 1 aromatic heterocycles. The first-order valence-corrected chi connectivity index (χ1v) is 11.4. The zero-order chi connectivity index (χ0) is 24.3. The summed E-state index contributed by atoms with van der Waals surface area (Å²) < 4.78 is 29.6. The fraction of sp³-hybridized carbons (Fsp3) is 0.227. The van der Waals surface area contributed by atoms with Crippen molar-refractivity contribution < 1.29 is 18.0 Å². The van der Waals surface area contributed by atoms with Crippen LogP contribution >= 0.6 is 0 Å². The Balaban J connectivity index is 1.77. The summed E-state index contributed by atoms with van der Waals surface area (Å²) in [5, 5.41) is 5.10. The van der Waals surface area contributed by atoms with Crippen LogP contribution in [0.5, 0.6) is 0 Å². The fourth-order valence-electron chi connectivity index (χ4n) is 3.27. The van der Waals surface area contributed by atoms with Crippen LogP contribution in [0.15, 0.2) is 64.3 Å². The number of hydrogen-bond acceptors (Lipinski definition) is 5. The van der Waals surface area contributed by atoms with Crippen LogP contribution in [0.4, 0.5) is 11.4 Å². The monoisotopic (exact) mass is 471 g/mol. The maximum atomic E-state index is 12.9. The number of benzene rings is 2. The third-order valence-electron chi connectivity index (χ3n) is 5.07. The van der Waals surface area contributed by atoms with Crippen LogP contribution in [0.25, 0.3) is 5.69 Å². The standard InChI is InChI=1S/C22H25N5O5S/c1-15-21(22(30)27(26(15)4)18-8-6-5-7-9-18)24-20(29)14-25(3)33(31,32)19-12-10-17(11-13-19)23-16(2)28/h5-13H,14H2,1-4H3,(H,23,28)(H,24,29). The number of sulfonamides is 1. The number of amides is 2. The molecule has 0 atom stereocenters. The maximum Gasteiger partial charge on any atom is 0.295 e. The molecular formula is C22H25N5O5S. The zero-order valence-electron chi connectivity index (χ0n) is 18.7. The highest BCUT2D eigenvalue weighted by Gasteiger charge is 2.25. The molecule has 0 saturated heterocycles. The summed E-state index contributed by atoms with van der Waals surface area (Å²) in [6.45, 7) is 2.54. The molecule has 3 aromatic rings. The third-order valence-corrected chi connectivity index (χ3v) is 6.89. The van der Waals surface area contributed by atoms with Crippen molar-refractivity contribution in [2.45, 2.75) is 18.7 Å². The lowest BCUT2D eigenvalue weighted by atomic mass is 10.3. The van der Waals surface area contributed by atoms with Gasteiger partial charge in [-0.15, -0.1) is 0 Å². The van der Waals surface area contributed by atoms with Gasteiger partial charge >= 0.3 is 0 Å². The van der Waals surface area contributed by atoms with Crippen molar-refractivity contribution in [2.24, 2.45) is 7.05 Å². The highest BCUT2D eigenvalue weighted by atomic mass is 32.2. The molecule has 33 heavy (non-hydrogen) atoms. The highest BCUT2D eigenvalue weighted by Crippen LogP contribution is 2.18. The van der Waals surface area contributed by atoms with Gasteiger partial charge in [0.1, 0.15) is 5.69 Å². The van der Waals surface area contributed by atoms with Crippen molar-refractivity contribution in [2.75, 3.05) is 24.2 Å². The molecule has 2 N–H and O–H groups in total. The van der Waals surface area contributed by atoms with Gasteiger partial charge in [0.15, 0.2) is 0 Å². The second kappa shape index (κ2) is 9.43. The van der Waals surface area contributed by atoms with Crippen molar-refractivity contribution in [1.29, 1.82) is 0 Å². The van der Waals surface area contributed by atoms with Crippen molar-refractivity contribution in [3.8, 4) is 5.69 Å². The fourth-order valence-corrected chi connectivity index (χ4v) is 4.40. The molecule has 2 aromatic carbocycles. The van der Waals surface area contributed by atoms with Crippen LogP contribution in [-0.2, 0) is 26.7 Å². The maximum absolute atomic E-state index is 12.9. The molecule has 0 aliphatic rings. The van der Waals surface area contributed by atoms with Gasteiger partial charge in [0.05, 0.1) is 22.8 Å². The Morgan fingerprint density at radius 1 is 1.00 bits per heavy atom. The molecule has 0 radical (unpaired) electrons. The van der Waals surface area contributed by atoms with E-state index in [-0.39, 0.29) is 16.5 Å². The summed E-state index contributed by atoms with van der Waals surface area (Å²) in [7, 11) is -0.997. The van der Waals surface area contributed by atoms with Crippen LogP contribution in [0.1, 0.15) is 12.6 Å². The predicted octanol–water partition coefficient (Wildman–Crippen LogP) is 1.70. The van der Waals surface area contributed by atoms with Gasteiger partial charge in [0, 0.05) is 26.7 Å². The van der Waals surface area contributed by atoms with Crippen LogP contribution < -0.4 is 16.2 Å². The van der Waals surface area contributed by atoms with Crippen molar-refractivity contribution in [1.82, 2.24) is 13.7 Å². The van der Waals surface area contributed by atoms with Crippen LogP contribution in [0.3, 0.4) is 0 Å². The number of nitrogens with zero attached hydrogens (tertiary/aromatic N) is 3. The van der Waals surface area contributed by atoms with Gasteiger partial charge in [-0.25, -0.2) is 13.1 Å². The van der Waals surface area contributed by atoms with E-state index < -0.39 is 28.0 Å². The molecule has 0 fully saturated rings. The smallest absolute Gasteiger partial charge is 0.295 e. The molecule has 0 saturated carbocycles. The number of para-hydroxylation sites is 1. The van der Waals surface area contributed by atoms with E-state index in [1.54, 1.807) is 42.9 Å². The molecule has 0 bridgehead atoms. The number of anilines is 2. The topological polar surface area (TPSA) is 123 Å². The normalized spacial score (nSPS) is 11.4. The first-order valence-electron chi connectivity index (χ1n) is 10.00. The molecule has 11 heteroatoms. The predicted molar refractivity (Wildman–Crippen MR) is 125 cm³/mol. The molecule has 0 spiro atoms. The number of likely N-dealkylation sites (N-methyl/N-ethyl adjacent to an activating group) is 1. The minimum absolute atomic E-state index is 0.0331. The minimum atomic E-state index is -3.97. The van der Waals surface area contributed by atoms with Crippen LogP contribution in [-0.4, -0.2) is 47.5 Å². The molecule has 0 unspecified atom stereocenters. The van der Waals surface area contributed by atoms with Gasteiger partial charge < -0.3 is 10.6 Å². The quantitative estimate of drug-likeness (QED) is 0.543. The molecule has 3 rings (SSSR count). The Morgan fingerprint density at radius 3 is 2.18 bits per heavy atom. The summed E-state index contributed by atoms with van der Waals surface area (Å²) in [5.41, 5.74) is 1.27. The molecule has 174 valence electrons. The van der Waals surface area contributed by atoms with E-state index in [9.17, 15) is 22.8 Å². The molecule has 0 aliphatic heterocycles. The first kappa shape index (κ1) is 24.0. The molecule has 2 amide bonds. The lowest BCUT2D eigenvalue weighted by Gasteiger charge is -2.17. The van der Waals surface area contributed by atoms with Gasteiger partial charge in [0.2, 0.25) is 21.8 Å². The first-order chi connectivity index (χ1) is 15.5. The summed E-state index contributed by atoms with van der Waals surface area (Å²) >= 11 is 0. The average Bonchev–Trinajstić information content (AvgIpc) is 2.97. The van der Waals surface area contributed by atoms with E-state index in [0.717, 1.165) is 4.31 Å². The van der Waals surface area contributed by atoms with E-state index >= 15 is 0 Å². The van der Waals surface area contributed by atoms with Gasteiger partial charge in [-0.05, 0) is 43.3 Å². The number of aromatic nitrogens is 2. The third kappa shape index (κ3) is 5.04. The van der Waals surface area contributed by atoms with Gasteiger partial charge in [-0.2, -0.15) is 4.31 Å². The lowest BCUT2D eigenvalue weighted by molar-refractivity contribution is -0.116. The van der Waals surface area contributed by atoms with Gasteiger partial charge in [0.25, 0.3) is 5.56 Å². The van der Waals surface area contributed by atoms with Gasteiger partial charge in [-0.3, -0.25) is 19.1 Å². The van der Waals surface area contributed by atoms with Crippen LogP contribution in [0.2, 0.25) is 0 Å². The largest absolute Gasteiger partial charge is 0.326 e. The van der Waals surface area contributed by atoms with E-state index in [2.05, 4.69) is 10.6 Å². The number of carbonyl (C=O) groups excluding carboxylic acids is 2. The number of hydrogen-bond donors (Lipinski definition) is 2. The summed E-state index contributed by atoms with van der Waals surface area (Å²) in [6, 6.07) is 14.6. The SMILES string of the molecule is CC(=O)Nc1ccc(S(=O)(=O)N(C)CC(=O)Nc2c(C)n(C)n(-c3ccccc3)c2=O)cc1. The molecule has 1 heterocycles. The van der Waals surface area contributed by atoms with E-state index in [1.807, 2.05) is 6.07 Å². The lowest BCUT2D eigenvalue weighted by Crippen LogP contribution is -2.35. The summed E-state index contributed by atoms with van der Waals surface area (Å²) in [4.78, 5) is 36.6. The average molecular weight is 472 g/mol. The molecule has 0 aliphatic carbocycles. The Kier molecular flexibility index (Phi) is 6.84. The van der Waals surface area contributed by atoms with Gasteiger partial charge in [-0.1, -0.05) is 18.2 Å². The summed E-state index contributed by atoms with van der Waals surface area (Å²) in [6.07, 6.45) is 0. The molecular weight excluding hydrogens is 446 g/mol. The molecule has 10 nitrogen and oxygen atoms in total. The highest BCUT2D eigenvalue weighted by molar-refractivity contribution is 7.89. The number of rotatable bonds is 7. The summed E-state index contributed by atoms with van der Waals surface area (Å²) in [5.74, 6) is -0.927. The second-order valence-corrected chi connectivity index (χ2v) is 9.50. The van der Waals surface area contributed by atoms with E-state index in [0.29, 0.717) is 17.1 Å². The number of carbonyl (C=O) groups is 2.